The van der Waals surface area contributed by atoms with Crippen molar-refractivity contribution in [2.24, 2.45) is 5.92 Å². The molecule has 1 aromatic heterocycles. The monoisotopic (exact) mass is 305 g/mol. The third-order valence-corrected chi connectivity index (χ3v) is 3.65. The second-order valence-corrected chi connectivity index (χ2v) is 6.95. The van der Waals surface area contributed by atoms with E-state index >= 15 is 0 Å². The summed E-state index contributed by atoms with van der Waals surface area (Å²) >= 11 is 0. The van der Waals surface area contributed by atoms with E-state index in [1.807, 2.05) is 39.1 Å². The van der Waals surface area contributed by atoms with Gasteiger partial charge in [0.2, 0.25) is 0 Å². The molecule has 0 aromatic carbocycles. The first-order valence-electron chi connectivity index (χ1n) is 8.01. The zero-order valence-electron chi connectivity index (χ0n) is 13.8. The van der Waals surface area contributed by atoms with Crippen LogP contribution in [0.1, 0.15) is 39.3 Å². The minimum absolute atomic E-state index is 0.325. The molecule has 1 aliphatic rings. The van der Waals surface area contributed by atoms with E-state index in [2.05, 4.69) is 21.3 Å². The van der Waals surface area contributed by atoms with Crippen molar-refractivity contribution in [3.63, 3.8) is 0 Å². The maximum absolute atomic E-state index is 11.7. The molecular formula is C17H27N3O2. The fourth-order valence-corrected chi connectivity index (χ4v) is 2.72. The van der Waals surface area contributed by atoms with Gasteiger partial charge < -0.3 is 10.1 Å². The van der Waals surface area contributed by atoms with Crippen molar-refractivity contribution in [2.45, 2.75) is 45.8 Å². The Morgan fingerprint density at radius 3 is 2.95 bits per heavy atom. The van der Waals surface area contributed by atoms with E-state index in [0.29, 0.717) is 12.5 Å². The summed E-state index contributed by atoms with van der Waals surface area (Å²) in [7, 11) is 0. The van der Waals surface area contributed by atoms with Crippen LogP contribution in [-0.4, -0.2) is 41.2 Å². The second kappa shape index (κ2) is 7.58. The van der Waals surface area contributed by atoms with Crippen molar-refractivity contribution in [2.75, 3.05) is 19.6 Å². The van der Waals surface area contributed by atoms with E-state index in [9.17, 15) is 4.79 Å². The molecule has 1 atom stereocenters. The summed E-state index contributed by atoms with van der Waals surface area (Å²) in [5, 5.41) is 2.89. The number of alkyl carbamates (subject to hydrolysis) is 1. The van der Waals surface area contributed by atoms with Crippen LogP contribution in [0, 0.1) is 5.92 Å². The van der Waals surface area contributed by atoms with Crippen molar-refractivity contribution < 1.29 is 9.53 Å². The summed E-state index contributed by atoms with van der Waals surface area (Å²) in [6.45, 7) is 9.27. The Labute approximate surface area is 133 Å². The van der Waals surface area contributed by atoms with E-state index in [4.69, 9.17) is 4.74 Å². The molecule has 1 N–H and O–H groups in total. The Kier molecular flexibility index (Phi) is 5.77. The molecule has 0 radical (unpaired) electrons. The van der Waals surface area contributed by atoms with E-state index in [-0.39, 0.29) is 6.09 Å². The number of likely N-dealkylation sites (tertiary alicyclic amines) is 1. The number of hydrogen-bond acceptors (Lipinski definition) is 4. The summed E-state index contributed by atoms with van der Waals surface area (Å²) in [5.41, 5.74) is 0.657. The molecule has 1 saturated heterocycles. The number of hydrogen-bond donors (Lipinski definition) is 1. The number of amides is 1. The van der Waals surface area contributed by atoms with Gasteiger partial charge in [0.15, 0.2) is 0 Å². The molecule has 0 spiro atoms. The van der Waals surface area contributed by atoms with Gasteiger partial charge >= 0.3 is 6.09 Å². The van der Waals surface area contributed by atoms with Crippen LogP contribution >= 0.6 is 0 Å². The van der Waals surface area contributed by atoms with E-state index in [1.54, 1.807) is 0 Å². The minimum Gasteiger partial charge on any atom is -0.444 e. The highest BCUT2D eigenvalue weighted by atomic mass is 16.6. The Morgan fingerprint density at radius 2 is 2.27 bits per heavy atom. The van der Waals surface area contributed by atoms with Crippen molar-refractivity contribution in [3.8, 4) is 0 Å². The van der Waals surface area contributed by atoms with Gasteiger partial charge in [-0.05, 0) is 58.2 Å². The Morgan fingerprint density at radius 1 is 1.45 bits per heavy atom. The normalized spacial score (nSPS) is 19.7. The van der Waals surface area contributed by atoms with E-state index in [1.165, 1.54) is 0 Å². The fraction of sp³-hybridized carbons (Fsp3) is 0.647. The van der Waals surface area contributed by atoms with Gasteiger partial charge in [0.1, 0.15) is 5.60 Å². The lowest BCUT2D eigenvalue weighted by atomic mass is 9.98. The number of aromatic nitrogens is 1. The van der Waals surface area contributed by atoms with Crippen LogP contribution in [0.3, 0.4) is 0 Å². The lowest BCUT2D eigenvalue weighted by Crippen LogP contribution is -2.42. The molecule has 1 amide bonds. The summed E-state index contributed by atoms with van der Waals surface area (Å²) < 4.78 is 5.28. The number of nitrogens with zero attached hydrogens (tertiary/aromatic N) is 2. The molecule has 0 unspecified atom stereocenters. The Balaban J connectivity index is 1.75. The Bertz CT molecular complexity index is 471. The van der Waals surface area contributed by atoms with Crippen molar-refractivity contribution in [1.82, 2.24) is 15.2 Å². The van der Waals surface area contributed by atoms with E-state index in [0.717, 1.165) is 38.2 Å². The molecule has 5 heteroatoms. The number of pyridine rings is 1. The highest BCUT2D eigenvalue weighted by Crippen LogP contribution is 2.17. The summed E-state index contributed by atoms with van der Waals surface area (Å²) in [6.07, 6.45) is 3.82. The molecule has 0 saturated carbocycles. The number of carbonyl (C=O) groups is 1. The van der Waals surface area contributed by atoms with Gasteiger partial charge in [-0.3, -0.25) is 9.88 Å². The molecule has 1 aliphatic heterocycles. The molecule has 22 heavy (non-hydrogen) atoms. The van der Waals surface area contributed by atoms with Gasteiger partial charge in [-0.1, -0.05) is 6.07 Å². The quantitative estimate of drug-likeness (QED) is 0.929. The molecule has 1 fully saturated rings. The molecule has 0 aliphatic carbocycles. The molecule has 122 valence electrons. The zero-order valence-corrected chi connectivity index (χ0v) is 13.8. The average Bonchev–Trinajstić information content (AvgIpc) is 2.45. The number of carbonyl (C=O) groups excluding carboxylic acids is 1. The number of rotatable bonds is 4. The SMILES string of the molecule is CC(C)(C)OC(=O)NC[C@H]1CCCN(Cc2ccccn2)C1. The van der Waals surface area contributed by atoms with Crippen LogP contribution in [0.2, 0.25) is 0 Å². The summed E-state index contributed by atoms with van der Waals surface area (Å²) in [4.78, 5) is 18.5. The van der Waals surface area contributed by atoms with Gasteiger partial charge in [0.05, 0.1) is 5.69 Å². The standard InChI is InChI=1S/C17H27N3O2/c1-17(2,3)22-16(21)19-11-14-7-6-10-20(12-14)13-15-8-4-5-9-18-15/h4-5,8-9,14H,6-7,10-13H2,1-3H3,(H,19,21)/t14-/m1/s1. The molecule has 2 rings (SSSR count). The lowest BCUT2D eigenvalue weighted by molar-refractivity contribution is 0.0506. The first kappa shape index (κ1) is 16.7. The third-order valence-electron chi connectivity index (χ3n) is 3.65. The van der Waals surface area contributed by atoms with Gasteiger partial charge in [-0.25, -0.2) is 4.79 Å². The maximum Gasteiger partial charge on any atom is 0.407 e. The van der Waals surface area contributed by atoms with E-state index < -0.39 is 5.60 Å². The highest BCUT2D eigenvalue weighted by molar-refractivity contribution is 5.67. The van der Waals surface area contributed by atoms with Crippen LogP contribution in [0.25, 0.3) is 0 Å². The molecule has 5 nitrogen and oxygen atoms in total. The summed E-state index contributed by atoms with van der Waals surface area (Å²) in [5.74, 6) is 0.477. The first-order valence-corrected chi connectivity index (χ1v) is 8.01. The molecule has 2 heterocycles. The minimum atomic E-state index is -0.443. The van der Waals surface area contributed by atoms with Gasteiger partial charge in [0.25, 0.3) is 0 Å². The van der Waals surface area contributed by atoms with Crippen LogP contribution in [0.15, 0.2) is 24.4 Å². The predicted molar refractivity (Wildman–Crippen MR) is 86.5 cm³/mol. The second-order valence-electron chi connectivity index (χ2n) is 6.95. The van der Waals surface area contributed by atoms with Crippen LogP contribution < -0.4 is 5.32 Å². The maximum atomic E-state index is 11.7. The Hall–Kier alpha value is -1.62. The fourth-order valence-electron chi connectivity index (χ4n) is 2.72. The van der Waals surface area contributed by atoms with Crippen LogP contribution in [0.5, 0.6) is 0 Å². The summed E-state index contributed by atoms with van der Waals surface area (Å²) in [6, 6.07) is 6.02. The smallest absolute Gasteiger partial charge is 0.407 e. The number of piperidine rings is 1. The molecule has 0 bridgehead atoms. The largest absolute Gasteiger partial charge is 0.444 e. The van der Waals surface area contributed by atoms with Crippen molar-refractivity contribution in [3.05, 3.63) is 30.1 Å². The lowest BCUT2D eigenvalue weighted by Gasteiger charge is -2.32. The third kappa shape index (κ3) is 6.02. The van der Waals surface area contributed by atoms with Crippen LogP contribution in [0.4, 0.5) is 4.79 Å². The predicted octanol–water partition coefficient (Wildman–Crippen LogP) is 2.82. The zero-order chi connectivity index (χ0) is 16.0. The van der Waals surface area contributed by atoms with Gasteiger partial charge in [-0.15, -0.1) is 0 Å². The van der Waals surface area contributed by atoms with Crippen LogP contribution in [-0.2, 0) is 11.3 Å². The van der Waals surface area contributed by atoms with Crippen molar-refractivity contribution >= 4 is 6.09 Å². The average molecular weight is 305 g/mol. The highest BCUT2D eigenvalue weighted by Gasteiger charge is 2.22. The van der Waals surface area contributed by atoms with Gasteiger partial charge in [-0.2, -0.15) is 0 Å². The van der Waals surface area contributed by atoms with Crippen molar-refractivity contribution in [1.29, 1.82) is 0 Å². The number of nitrogens with one attached hydrogen (secondary N) is 1. The molecular weight excluding hydrogens is 278 g/mol. The molecule has 1 aromatic rings. The van der Waals surface area contributed by atoms with Gasteiger partial charge in [0, 0.05) is 25.8 Å². The number of ether oxygens (including phenoxy) is 1. The first-order chi connectivity index (χ1) is 10.4. The topological polar surface area (TPSA) is 54.5 Å².